The van der Waals surface area contributed by atoms with Crippen molar-refractivity contribution in [2.75, 3.05) is 0 Å². The Morgan fingerprint density at radius 2 is 2.19 bits per heavy atom. The molecule has 3 nitrogen and oxygen atoms in total. The number of halogens is 1. The van der Waals surface area contributed by atoms with Crippen LogP contribution >= 0.6 is 15.9 Å². The van der Waals surface area contributed by atoms with E-state index in [1.165, 1.54) is 0 Å². The number of carbonyl (C=O) groups is 2. The van der Waals surface area contributed by atoms with Crippen molar-refractivity contribution >= 4 is 28.2 Å². The maximum absolute atomic E-state index is 10.7. The van der Waals surface area contributed by atoms with Crippen molar-refractivity contribution < 1.29 is 14.7 Å². The first-order chi connectivity index (χ1) is 7.52. The monoisotopic (exact) mass is 284 g/mol. The summed E-state index contributed by atoms with van der Waals surface area (Å²) in [6, 6.07) is 5.52. The Labute approximate surface area is 103 Å². The average Bonchev–Trinajstić information content (AvgIpc) is 2.21. The van der Waals surface area contributed by atoms with Crippen LogP contribution in [0.3, 0.4) is 0 Å². The molecule has 16 heavy (non-hydrogen) atoms. The van der Waals surface area contributed by atoms with Crippen LogP contribution in [-0.4, -0.2) is 17.4 Å². The SMILES string of the molecule is CC(C=O)Cc1ccc(Br)cc1CC(=O)O. The van der Waals surface area contributed by atoms with E-state index < -0.39 is 5.97 Å². The number of carbonyl (C=O) groups excluding carboxylic acids is 1. The Morgan fingerprint density at radius 3 is 2.75 bits per heavy atom. The molecule has 4 heteroatoms. The summed E-state index contributed by atoms with van der Waals surface area (Å²) in [6.45, 7) is 1.82. The molecule has 0 aliphatic rings. The van der Waals surface area contributed by atoms with E-state index in [4.69, 9.17) is 5.11 Å². The van der Waals surface area contributed by atoms with E-state index >= 15 is 0 Å². The molecule has 0 bridgehead atoms. The first-order valence-corrected chi connectivity index (χ1v) is 5.76. The third-order valence-electron chi connectivity index (χ3n) is 2.28. The zero-order chi connectivity index (χ0) is 12.1. The lowest BCUT2D eigenvalue weighted by Crippen LogP contribution is -2.07. The molecule has 1 atom stereocenters. The number of carboxylic acids is 1. The third kappa shape index (κ3) is 3.77. The quantitative estimate of drug-likeness (QED) is 0.845. The Kier molecular flexibility index (Phi) is 4.68. The summed E-state index contributed by atoms with van der Waals surface area (Å²) < 4.78 is 0.853. The lowest BCUT2D eigenvalue weighted by atomic mass is 9.96. The van der Waals surface area contributed by atoms with Crippen LogP contribution < -0.4 is 0 Å². The predicted molar refractivity (Wildman–Crippen MR) is 64.4 cm³/mol. The van der Waals surface area contributed by atoms with Crippen molar-refractivity contribution in [1.82, 2.24) is 0 Å². The van der Waals surface area contributed by atoms with Gasteiger partial charge in [0.2, 0.25) is 0 Å². The lowest BCUT2D eigenvalue weighted by molar-refractivity contribution is -0.136. The summed E-state index contributed by atoms with van der Waals surface area (Å²) in [4.78, 5) is 21.3. The molecule has 0 saturated carbocycles. The molecule has 1 aromatic carbocycles. The molecule has 0 saturated heterocycles. The maximum Gasteiger partial charge on any atom is 0.307 e. The molecule has 0 spiro atoms. The standard InChI is InChI=1S/C12H13BrO3/c1-8(7-14)4-9-2-3-11(13)5-10(9)6-12(15)16/h2-3,5,7-8H,4,6H2,1H3,(H,15,16). The maximum atomic E-state index is 10.7. The van der Waals surface area contributed by atoms with Gasteiger partial charge < -0.3 is 9.90 Å². The van der Waals surface area contributed by atoms with Gasteiger partial charge in [0, 0.05) is 10.4 Å². The number of hydrogen-bond donors (Lipinski definition) is 1. The largest absolute Gasteiger partial charge is 0.481 e. The minimum Gasteiger partial charge on any atom is -0.481 e. The van der Waals surface area contributed by atoms with E-state index in [2.05, 4.69) is 15.9 Å². The summed E-state index contributed by atoms with van der Waals surface area (Å²) in [5, 5.41) is 8.79. The van der Waals surface area contributed by atoms with Gasteiger partial charge in [-0.3, -0.25) is 4.79 Å². The molecule has 0 radical (unpaired) electrons. The molecule has 0 fully saturated rings. The summed E-state index contributed by atoms with van der Waals surface area (Å²) in [5.74, 6) is -0.952. The van der Waals surface area contributed by atoms with Gasteiger partial charge in [0.1, 0.15) is 6.29 Å². The molecule has 1 aromatic rings. The molecular weight excluding hydrogens is 272 g/mol. The molecule has 0 heterocycles. The highest BCUT2D eigenvalue weighted by atomic mass is 79.9. The van der Waals surface area contributed by atoms with Crippen molar-refractivity contribution in [3.63, 3.8) is 0 Å². The molecule has 1 N–H and O–H groups in total. The first kappa shape index (κ1) is 12.9. The molecule has 1 unspecified atom stereocenters. The summed E-state index contributed by atoms with van der Waals surface area (Å²) in [7, 11) is 0. The van der Waals surface area contributed by atoms with Crippen molar-refractivity contribution in [3.05, 3.63) is 33.8 Å². The minimum atomic E-state index is -0.863. The van der Waals surface area contributed by atoms with Crippen LogP contribution in [0, 0.1) is 5.92 Å². The topological polar surface area (TPSA) is 54.4 Å². The lowest BCUT2D eigenvalue weighted by Gasteiger charge is -2.10. The van der Waals surface area contributed by atoms with Gasteiger partial charge >= 0.3 is 5.97 Å². The van der Waals surface area contributed by atoms with Gasteiger partial charge in [0.25, 0.3) is 0 Å². The number of aliphatic carboxylic acids is 1. The summed E-state index contributed by atoms with van der Waals surface area (Å²) >= 11 is 3.31. The van der Waals surface area contributed by atoms with Crippen LogP contribution in [0.15, 0.2) is 22.7 Å². The van der Waals surface area contributed by atoms with Crippen molar-refractivity contribution in [1.29, 1.82) is 0 Å². The van der Waals surface area contributed by atoms with E-state index in [1.54, 1.807) is 6.07 Å². The van der Waals surface area contributed by atoms with Crippen molar-refractivity contribution in [2.24, 2.45) is 5.92 Å². The summed E-state index contributed by atoms with van der Waals surface area (Å²) in [5.41, 5.74) is 1.68. The fraction of sp³-hybridized carbons (Fsp3) is 0.333. The zero-order valence-corrected chi connectivity index (χ0v) is 10.5. The van der Waals surface area contributed by atoms with E-state index in [0.717, 1.165) is 21.9 Å². The van der Waals surface area contributed by atoms with Gasteiger partial charge in [-0.1, -0.05) is 28.9 Å². The third-order valence-corrected chi connectivity index (χ3v) is 2.78. The number of aldehydes is 1. The van der Waals surface area contributed by atoms with E-state index in [-0.39, 0.29) is 12.3 Å². The van der Waals surface area contributed by atoms with Crippen LogP contribution in [0.25, 0.3) is 0 Å². The van der Waals surface area contributed by atoms with Crippen LogP contribution in [0.2, 0.25) is 0 Å². The van der Waals surface area contributed by atoms with Crippen molar-refractivity contribution in [2.45, 2.75) is 19.8 Å². The molecule has 0 aliphatic carbocycles. The van der Waals surface area contributed by atoms with Crippen LogP contribution in [0.5, 0.6) is 0 Å². The number of carboxylic acid groups (broad SMARTS) is 1. The molecule has 86 valence electrons. The molecular formula is C12H13BrO3. The molecule has 0 amide bonds. The predicted octanol–water partition coefficient (Wildman–Crippen LogP) is 2.45. The minimum absolute atomic E-state index is 0.0135. The number of rotatable bonds is 5. The average molecular weight is 285 g/mol. The van der Waals surface area contributed by atoms with Crippen LogP contribution in [0.4, 0.5) is 0 Å². The smallest absolute Gasteiger partial charge is 0.307 e. The van der Waals surface area contributed by atoms with E-state index in [0.29, 0.717) is 6.42 Å². The Hall–Kier alpha value is -1.16. The second-order valence-corrected chi connectivity index (χ2v) is 4.72. The van der Waals surface area contributed by atoms with Gasteiger partial charge in [-0.2, -0.15) is 0 Å². The second-order valence-electron chi connectivity index (χ2n) is 3.80. The highest BCUT2D eigenvalue weighted by Gasteiger charge is 2.10. The molecule has 0 aromatic heterocycles. The van der Waals surface area contributed by atoms with Gasteiger partial charge in [-0.05, 0) is 29.7 Å². The van der Waals surface area contributed by atoms with Gasteiger partial charge in [0.05, 0.1) is 6.42 Å². The highest BCUT2D eigenvalue weighted by Crippen LogP contribution is 2.19. The zero-order valence-electron chi connectivity index (χ0n) is 8.94. The van der Waals surface area contributed by atoms with Gasteiger partial charge in [-0.25, -0.2) is 0 Å². The number of benzene rings is 1. The van der Waals surface area contributed by atoms with Gasteiger partial charge in [-0.15, -0.1) is 0 Å². The Morgan fingerprint density at radius 1 is 1.50 bits per heavy atom. The fourth-order valence-electron chi connectivity index (χ4n) is 1.52. The van der Waals surface area contributed by atoms with Crippen molar-refractivity contribution in [3.8, 4) is 0 Å². The van der Waals surface area contributed by atoms with Crippen LogP contribution in [-0.2, 0) is 22.4 Å². The second kappa shape index (κ2) is 5.80. The molecule has 0 aliphatic heterocycles. The van der Waals surface area contributed by atoms with E-state index in [1.807, 2.05) is 19.1 Å². The number of hydrogen-bond acceptors (Lipinski definition) is 2. The summed E-state index contributed by atoms with van der Waals surface area (Å²) in [6.07, 6.45) is 1.45. The molecule has 1 rings (SSSR count). The van der Waals surface area contributed by atoms with E-state index in [9.17, 15) is 9.59 Å². The normalized spacial score (nSPS) is 12.1. The Bertz CT molecular complexity index is 401. The highest BCUT2D eigenvalue weighted by molar-refractivity contribution is 9.10. The van der Waals surface area contributed by atoms with Gasteiger partial charge in [0.15, 0.2) is 0 Å². The Balaban J connectivity index is 2.97. The fourth-order valence-corrected chi connectivity index (χ4v) is 1.92. The first-order valence-electron chi connectivity index (χ1n) is 4.97. The van der Waals surface area contributed by atoms with Crippen LogP contribution in [0.1, 0.15) is 18.1 Å².